The molecule has 0 radical (unpaired) electrons. The first-order valence-electron chi connectivity index (χ1n) is 3.93. The van der Waals surface area contributed by atoms with Crippen molar-refractivity contribution in [1.82, 2.24) is 0 Å². The predicted octanol–water partition coefficient (Wildman–Crippen LogP) is 2.48. The van der Waals surface area contributed by atoms with E-state index in [9.17, 15) is 13.2 Å². The molecule has 0 aromatic heterocycles. The SMILES string of the molecule is CC(O)c1ccc(F)c(OC(F)F)c1. The molecule has 0 aliphatic carbocycles. The van der Waals surface area contributed by atoms with E-state index < -0.39 is 24.3 Å². The molecule has 1 N–H and O–H groups in total. The van der Waals surface area contributed by atoms with Crippen LogP contribution in [0.25, 0.3) is 0 Å². The van der Waals surface area contributed by atoms with Gasteiger partial charge in [0.05, 0.1) is 6.10 Å². The predicted molar refractivity (Wildman–Crippen MR) is 43.7 cm³/mol. The summed E-state index contributed by atoms with van der Waals surface area (Å²) in [5.74, 6) is -1.44. The van der Waals surface area contributed by atoms with Crippen molar-refractivity contribution in [3.63, 3.8) is 0 Å². The van der Waals surface area contributed by atoms with Crippen LogP contribution in [0.15, 0.2) is 18.2 Å². The molecular formula is C9H9F3O2. The van der Waals surface area contributed by atoms with Crippen LogP contribution in [0.4, 0.5) is 13.2 Å². The molecule has 14 heavy (non-hydrogen) atoms. The molecule has 1 aromatic carbocycles. The minimum atomic E-state index is -3.08. The summed E-state index contributed by atoms with van der Waals surface area (Å²) in [6.45, 7) is -1.63. The molecule has 78 valence electrons. The Labute approximate surface area is 78.9 Å². The third kappa shape index (κ3) is 2.63. The van der Waals surface area contributed by atoms with Gasteiger partial charge in [0.15, 0.2) is 11.6 Å². The maximum Gasteiger partial charge on any atom is 0.387 e. The highest BCUT2D eigenvalue weighted by atomic mass is 19.3. The van der Waals surface area contributed by atoms with Gasteiger partial charge < -0.3 is 9.84 Å². The van der Waals surface area contributed by atoms with Crippen LogP contribution in [0.3, 0.4) is 0 Å². The number of hydrogen-bond donors (Lipinski definition) is 1. The lowest BCUT2D eigenvalue weighted by atomic mass is 10.1. The molecule has 0 aliphatic rings. The van der Waals surface area contributed by atoms with Gasteiger partial charge in [-0.2, -0.15) is 8.78 Å². The summed E-state index contributed by atoms with van der Waals surface area (Å²) in [4.78, 5) is 0. The van der Waals surface area contributed by atoms with Crippen molar-refractivity contribution in [3.05, 3.63) is 29.6 Å². The van der Waals surface area contributed by atoms with E-state index in [0.29, 0.717) is 5.56 Å². The Bertz CT molecular complexity index is 313. The molecule has 1 rings (SSSR count). The first kappa shape index (κ1) is 10.8. The maximum atomic E-state index is 12.9. The minimum Gasteiger partial charge on any atom is -0.432 e. The number of halogens is 3. The van der Waals surface area contributed by atoms with Gasteiger partial charge >= 0.3 is 6.61 Å². The molecule has 0 saturated carbocycles. The van der Waals surface area contributed by atoms with Crippen molar-refractivity contribution in [3.8, 4) is 5.75 Å². The largest absolute Gasteiger partial charge is 0.432 e. The average molecular weight is 206 g/mol. The lowest BCUT2D eigenvalue weighted by molar-refractivity contribution is -0.0523. The van der Waals surface area contributed by atoms with Crippen molar-refractivity contribution in [1.29, 1.82) is 0 Å². The number of aliphatic hydroxyl groups is 1. The Balaban J connectivity index is 2.96. The van der Waals surface area contributed by atoms with Gasteiger partial charge in [0.25, 0.3) is 0 Å². The van der Waals surface area contributed by atoms with E-state index >= 15 is 0 Å². The average Bonchev–Trinajstić information content (AvgIpc) is 2.07. The van der Waals surface area contributed by atoms with Gasteiger partial charge in [-0.25, -0.2) is 4.39 Å². The first-order chi connectivity index (χ1) is 6.50. The zero-order valence-corrected chi connectivity index (χ0v) is 7.38. The van der Waals surface area contributed by atoms with Crippen LogP contribution in [0.1, 0.15) is 18.6 Å². The molecule has 0 spiro atoms. The Morgan fingerprint density at radius 3 is 2.50 bits per heavy atom. The fourth-order valence-corrected chi connectivity index (χ4v) is 0.966. The van der Waals surface area contributed by atoms with E-state index in [0.717, 1.165) is 12.1 Å². The van der Waals surface area contributed by atoms with E-state index in [2.05, 4.69) is 4.74 Å². The van der Waals surface area contributed by atoms with Crippen molar-refractivity contribution in [2.75, 3.05) is 0 Å². The third-order valence-electron chi connectivity index (χ3n) is 1.65. The maximum absolute atomic E-state index is 12.9. The summed E-state index contributed by atoms with van der Waals surface area (Å²) in [6, 6.07) is 3.32. The van der Waals surface area contributed by atoms with Crippen molar-refractivity contribution in [2.45, 2.75) is 19.6 Å². The van der Waals surface area contributed by atoms with E-state index in [1.54, 1.807) is 0 Å². The van der Waals surface area contributed by atoms with E-state index in [-0.39, 0.29) is 0 Å². The second kappa shape index (κ2) is 4.32. The van der Waals surface area contributed by atoms with Gasteiger partial charge in [-0.3, -0.25) is 0 Å². The van der Waals surface area contributed by atoms with Crippen LogP contribution < -0.4 is 4.74 Å². The molecule has 0 heterocycles. The van der Waals surface area contributed by atoms with Crippen molar-refractivity contribution in [2.24, 2.45) is 0 Å². The molecule has 1 unspecified atom stereocenters. The highest BCUT2D eigenvalue weighted by molar-refractivity contribution is 5.31. The van der Waals surface area contributed by atoms with Crippen LogP contribution >= 0.6 is 0 Å². The van der Waals surface area contributed by atoms with Gasteiger partial charge in [-0.05, 0) is 24.6 Å². The van der Waals surface area contributed by atoms with Gasteiger partial charge in [0, 0.05) is 0 Å². The van der Waals surface area contributed by atoms with Crippen molar-refractivity contribution >= 4 is 0 Å². The minimum absolute atomic E-state index is 0.321. The number of rotatable bonds is 3. The zero-order chi connectivity index (χ0) is 10.7. The number of aliphatic hydroxyl groups excluding tert-OH is 1. The number of hydrogen-bond acceptors (Lipinski definition) is 2. The smallest absolute Gasteiger partial charge is 0.387 e. The molecule has 5 heteroatoms. The summed E-state index contributed by atoms with van der Waals surface area (Å²) >= 11 is 0. The molecule has 2 nitrogen and oxygen atoms in total. The molecule has 0 saturated heterocycles. The van der Waals surface area contributed by atoms with Gasteiger partial charge in [-0.1, -0.05) is 6.07 Å². The Hall–Kier alpha value is -1.23. The molecular weight excluding hydrogens is 197 g/mol. The normalized spacial score (nSPS) is 13.0. The van der Waals surface area contributed by atoms with E-state index in [1.807, 2.05) is 0 Å². The van der Waals surface area contributed by atoms with Gasteiger partial charge in [-0.15, -0.1) is 0 Å². The standard InChI is InChI=1S/C9H9F3O2/c1-5(13)6-2-3-7(10)8(4-6)14-9(11)12/h2-5,9,13H,1H3. The van der Waals surface area contributed by atoms with Crippen LogP contribution in [-0.2, 0) is 0 Å². The van der Waals surface area contributed by atoms with Crippen LogP contribution in [0, 0.1) is 5.82 Å². The number of benzene rings is 1. The summed E-state index contributed by atoms with van der Waals surface area (Å²) < 4.78 is 40.3. The lowest BCUT2D eigenvalue weighted by Crippen LogP contribution is -2.04. The highest BCUT2D eigenvalue weighted by Crippen LogP contribution is 2.23. The van der Waals surface area contributed by atoms with Gasteiger partial charge in [0.1, 0.15) is 0 Å². The topological polar surface area (TPSA) is 29.5 Å². The van der Waals surface area contributed by atoms with Crippen LogP contribution in [0.5, 0.6) is 5.75 Å². The van der Waals surface area contributed by atoms with Crippen LogP contribution in [0.2, 0.25) is 0 Å². The Morgan fingerprint density at radius 2 is 2.00 bits per heavy atom. The Kier molecular flexibility index (Phi) is 3.35. The fourth-order valence-electron chi connectivity index (χ4n) is 0.966. The molecule has 0 amide bonds. The lowest BCUT2D eigenvalue weighted by Gasteiger charge is -2.09. The number of alkyl halides is 2. The number of ether oxygens (including phenoxy) is 1. The van der Waals surface area contributed by atoms with Crippen molar-refractivity contribution < 1.29 is 23.0 Å². The molecule has 0 fully saturated rings. The second-order valence-corrected chi connectivity index (χ2v) is 2.74. The zero-order valence-electron chi connectivity index (χ0n) is 7.38. The van der Waals surface area contributed by atoms with E-state index in [1.165, 1.54) is 13.0 Å². The fraction of sp³-hybridized carbons (Fsp3) is 0.333. The van der Waals surface area contributed by atoms with Crippen LogP contribution in [-0.4, -0.2) is 11.7 Å². The highest BCUT2D eigenvalue weighted by Gasteiger charge is 2.11. The Morgan fingerprint density at radius 1 is 1.36 bits per heavy atom. The molecule has 1 aromatic rings. The quantitative estimate of drug-likeness (QED) is 0.823. The molecule has 0 bridgehead atoms. The second-order valence-electron chi connectivity index (χ2n) is 2.74. The summed E-state index contributed by atoms with van der Waals surface area (Å²) in [5, 5.41) is 9.11. The first-order valence-corrected chi connectivity index (χ1v) is 3.93. The summed E-state index contributed by atoms with van der Waals surface area (Å²) in [6.07, 6.45) is -0.851. The van der Waals surface area contributed by atoms with Gasteiger partial charge in [0.2, 0.25) is 0 Å². The monoisotopic (exact) mass is 206 g/mol. The molecule has 0 aliphatic heterocycles. The molecule has 1 atom stereocenters. The summed E-state index contributed by atoms with van der Waals surface area (Å²) in [7, 11) is 0. The third-order valence-corrected chi connectivity index (χ3v) is 1.65. The summed E-state index contributed by atoms with van der Waals surface area (Å²) in [5.41, 5.74) is 0.321. The van der Waals surface area contributed by atoms with E-state index in [4.69, 9.17) is 5.11 Å².